The number of carbonyl (C=O) groups is 1. The summed E-state index contributed by atoms with van der Waals surface area (Å²) in [5, 5.41) is 2.61. The zero-order valence-electron chi connectivity index (χ0n) is 15.3. The van der Waals surface area contributed by atoms with E-state index in [-0.39, 0.29) is 5.91 Å². The fraction of sp³-hybridized carbons (Fsp3) is 0.238. The molecule has 0 aromatic heterocycles. The first-order valence-electron chi connectivity index (χ1n) is 8.69. The molecular weight excluding hydrogens is 378 g/mol. The SMILES string of the molecule is Cc1ccc(C)c(OCCCOc2cccc(C=C3SC(=S)NC3=O)c2)c1. The third-order valence-electron chi connectivity index (χ3n) is 3.96. The van der Waals surface area contributed by atoms with Crippen molar-refractivity contribution in [2.45, 2.75) is 20.3 Å². The number of nitrogens with one attached hydrogen (secondary N) is 1. The number of aryl methyl sites for hydroxylation is 2. The first kappa shape index (κ1) is 19.5. The number of ether oxygens (including phenoxy) is 2. The van der Waals surface area contributed by atoms with Gasteiger partial charge in [0.1, 0.15) is 15.8 Å². The highest BCUT2D eigenvalue weighted by Gasteiger charge is 2.21. The molecule has 140 valence electrons. The molecule has 0 atom stereocenters. The number of benzene rings is 2. The fourth-order valence-electron chi connectivity index (χ4n) is 2.56. The third-order valence-corrected chi connectivity index (χ3v) is 5.12. The van der Waals surface area contributed by atoms with Gasteiger partial charge in [-0.3, -0.25) is 4.79 Å². The molecule has 27 heavy (non-hydrogen) atoms. The molecule has 6 heteroatoms. The maximum Gasteiger partial charge on any atom is 0.263 e. The van der Waals surface area contributed by atoms with E-state index < -0.39 is 0 Å². The summed E-state index contributed by atoms with van der Waals surface area (Å²) in [7, 11) is 0. The first-order valence-corrected chi connectivity index (χ1v) is 9.91. The van der Waals surface area contributed by atoms with Crippen LogP contribution < -0.4 is 14.8 Å². The van der Waals surface area contributed by atoms with Gasteiger partial charge in [-0.15, -0.1) is 0 Å². The Morgan fingerprint density at radius 2 is 1.93 bits per heavy atom. The van der Waals surface area contributed by atoms with Crippen LogP contribution in [0, 0.1) is 13.8 Å². The molecule has 0 aliphatic carbocycles. The summed E-state index contributed by atoms with van der Waals surface area (Å²) in [4.78, 5) is 12.3. The lowest BCUT2D eigenvalue weighted by Crippen LogP contribution is -2.17. The summed E-state index contributed by atoms with van der Waals surface area (Å²) >= 11 is 6.27. The van der Waals surface area contributed by atoms with Gasteiger partial charge in [0.25, 0.3) is 5.91 Å². The molecule has 2 aromatic rings. The van der Waals surface area contributed by atoms with Gasteiger partial charge in [0, 0.05) is 6.42 Å². The third kappa shape index (κ3) is 5.58. The summed E-state index contributed by atoms with van der Waals surface area (Å²) in [6, 6.07) is 13.8. The van der Waals surface area contributed by atoms with Crippen LogP contribution in [0.15, 0.2) is 47.4 Å². The van der Waals surface area contributed by atoms with Crippen LogP contribution in [-0.2, 0) is 4.79 Å². The Bertz CT molecular complexity index is 893. The molecule has 0 radical (unpaired) electrons. The molecule has 0 unspecified atom stereocenters. The van der Waals surface area contributed by atoms with Crippen LogP contribution in [0.1, 0.15) is 23.1 Å². The molecule has 0 saturated carbocycles. The predicted octanol–water partition coefficient (Wildman–Crippen LogP) is 4.64. The van der Waals surface area contributed by atoms with Crippen molar-refractivity contribution in [1.29, 1.82) is 0 Å². The molecule has 0 bridgehead atoms. The summed E-state index contributed by atoms with van der Waals surface area (Å²) in [5.74, 6) is 1.54. The van der Waals surface area contributed by atoms with Crippen molar-refractivity contribution in [3.8, 4) is 11.5 Å². The summed E-state index contributed by atoms with van der Waals surface area (Å²) in [6.07, 6.45) is 2.60. The average Bonchev–Trinajstić information content (AvgIpc) is 2.95. The Hall–Kier alpha value is -2.31. The van der Waals surface area contributed by atoms with Crippen molar-refractivity contribution in [3.63, 3.8) is 0 Å². The topological polar surface area (TPSA) is 47.6 Å². The number of hydrogen-bond acceptors (Lipinski definition) is 5. The van der Waals surface area contributed by atoms with Gasteiger partial charge in [0.15, 0.2) is 0 Å². The van der Waals surface area contributed by atoms with Crippen LogP contribution in [0.3, 0.4) is 0 Å². The van der Waals surface area contributed by atoms with Crippen LogP contribution in [-0.4, -0.2) is 23.4 Å². The quantitative estimate of drug-likeness (QED) is 0.418. The van der Waals surface area contributed by atoms with E-state index in [0.29, 0.717) is 22.4 Å². The number of carbonyl (C=O) groups excluding carboxylic acids is 1. The zero-order valence-corrected chi connectivity index (χ0v) is 16.9. The van der Waals surface area contributed by atoms with E-state index in [0.717, 1.165) is 29.0 Å². The average molecular weight is 400 g/mol. The second-order valence-electron chi connectivity index (χ2n) is 6.24. The molecule has 3 rings (SSSR count). The first-order chi connectivity index (χ1) is 13.0. The highest BCUT2D eigenvalue weighted by molar-refractivity contribution is 8.26. The van der Waals surface area contributed by atoms with E-state index in [4.69, 9.17) is 21.7 Å². The van der Waals surface area contributed by atoms with Crippen LogP contribution in [0.2, 0.25) is 0 Å². The number of rotatable bonds is 7. The normalized spacial score (nSPS) is 15.1. The Morgan fingerprint density at radius 1 is 1.11 bits per heavy atom. The number of amides is 1. The van der Waals surface area contributed by atoms with Crippen molar-refractivity contribution in [1.82, 2.24) is 5.32 Å². The Morgan fingerprint density at radius 3 is 2.70 bits per heavy atom. The molecule has 2 aromatic carbocycles. The monoisotopic (exact) mass is 399 g/mol. The van der Waals surface area contributed by atoms with Crippen LogP contribution in [0.5, 0.6) is 11.5 Å². The van der Waals surface area contributed by atoms with E-state index in [1.165, 1.54) is 17.3 Å². The molecule has 1 saturated heterocycles. The summed E-state index contributed by atoms with van der Waals surface area (Å²) in [5.41, 5.74) is 3.23. The standard InChI is InChI=1S/C21H21NO3S2/c1-14-7-8-15(2)18(11-14)25-10-4-9-24-17-6-3-5-16(12-17)13-19-20(23)22-21(26)27-19/h3,5-8,11-13H,4,9-10H2,1-2H3,(H,22,23,26). The van der Waals surface area contributed by atoms with E-state index in [2.05, 4.69) is 30.4 Å². The Kier molecular flexibility index (Phi) is 6.53. The van der Waals surface area contributed by atoms with Crippen molar-refractivity contribution in [2.24, 2.45) is 0 Å². The van der Waals surface area contributed by atoms with Crippen LogP contribution in [0.4, 0.5) is 0 Å². The second kappa shape index (κ2) is 9.06. The smallest absolute Gasteiger partial charge is 0.263 e. The lowest BCUT2D eigenvalue weighted by atomic mass is 10.1. The highest BCUT2D eigenvalue weighted by Crippen LogP contribution is 2.27. The molecule has 1 amide bonds. The van der Waals surface area contributed by atoms with Gasteiger partial charge in [-0.25, -0.2) is 0 Å². The number of thiocarbonyl (C=S) groups is 1. The highest BCUT2D eigenvalue weighted by atomic mass is 32.2. The van der Waals surface area contributed by atoms with E-state index in [9.17, 15) is 4.79 Å². The van der Waals surface area contributed by atoms with Gasteiger partial charge in [-0.1, -0.05) is 48.2 Å². The zero-order chi connectivity index (χ0) is 19.2. The van der Waals surface area contributed by atoms with Crippen molar-refractivity contribution in [2.75, 3.05) is 13.2 Å². The largest absolute Gasteiger partial charge is 0.493 e. The van der Waals surface area contributed by atoms with Gasteiger partial charge in [0.2, 0.25) is 0 Å². The minimum atomic E-state index is -0.153. The molecule has 1 aliphatic rings. The number of hydrogen-bond donors (Lipinski definition) is 1. The minimum absolute atomic E-state index is 0.153. The van der Waals surface area contributed by atoms with Crippen LogP contribution >= 0.6 is 24.0 Å². The van der Waals surface area contributed by atoms with Crippen molar-refractivity contribution < 1.29 is 14.3 Å². The molecule has 1 fully saturated rings. The predicted molar refractivity (Wildman–Crippen MR) is 114 cm³/mol. The lowest BCUT2D eigenvalue weighted by molar-refractivity contribution is -0.115. The Balaban J connectivity index is 1.49. The van der Waals surface area contributed by atoms with E-state index in [1.807, 2.05) is 37.3 Å². The maximum absolute atomic E-state index is 11.7. The molecule has 0 spiro atoms. The summed E-state index contributed by atoms with van der Waals surface area (Å²) < 4.78 is 12.1. The van der Waals surface area contributed by atoms with Gasteiger partial charge >= 0.3 is 0 Å². The van der Waals surface area contributed by atoms with Crippen molar-refractivity contribution in [3.05, 3.63) is 64.1 Å². The van der Waals surface area contributed by atoms with Crippen molar-refractivity contribution >= 4 is 40.3 Å². The van der Waals surface area contributed by atoms with E-state index in [1.54, 1.807) is 0 Å². The Labute approximate surface area is 168 Å². The maximum atomic E-state index is 11.7. The molecule has 4 nitrogen and oxygen atoms in total. The lowest BCUT2D eigenvalue weighted by Gasteiger charge is -2.11. The van der Waals surface area contributed by atoms with Crippen LogP contribution in [0.25, 0.3) is 6.08 Å². The molecular formula is C21H21NO3S2. The molecule has 1 N–H and O–H groups in total. The summed E-state index contributed by atoms with van der Waals surface area (Å²) in [6.45, 7) is 5.26. The second-order valence-corrected chi connectivity index (χ2v) is 7.96. The molecule has 1 heterocycles. The fourth-order valence-corrected chi connectivity index (χ4v) is 3.60. The minimum Gasteiger partial charge on any atom is -0.493 e. The van der Waals surface area contributed by atoms with Gasteiger partial charge in [-0.2, -0.15) is 0 Å². The molecule has 1 aliphatic heterocycles. The van der Waals surface area contributed by atoms with Gasteiger partial charge in [-0.05, 0) is 54.8 Å². The van der Waals surface area contributed by atoms with Gasteiger partial charge in [0.05, 0.1) is 18.1 Å². The van der Waals surface area contributed by atoms with E-state index >= 15 is 0 Å². The number of thioether (sulfide) groups is 1. The van der Waals surface area contributed by atoms with Gasteiger partial charge < -0.3 is 14.8 Å².